The minimum atomic E-state index is -0.297. The van der Waals surface area contributed by atoms with Gasteiger partial charge in [0.15, 0.2) is 0 Å². The molecular formula is C25H24FN3O2. The summed E-state index contributed by atoms with van der Waals surface area (Å²) in [4.78, 5) is 31.0. The molecule has 0 aliphatic heterocycles. The molecule has 1 aliphatic rings. The van der Waals surface area contributed by atoms with Gasteiger partial charge >= 0.3 is 0 Å². The van der Waals surface area contributed by atoms with Crippen molar-refractivity contribution >= 4 is 17.5 Å². The highest BCUT2D eigenvalue weighted by Gasteiger charge is 2.34. The van der Waals surface area contributed by atoms with Crippen molar-refractivity contribution in [2.75, 3.05) is 4.90 Å². The monoisotopic (exact) mass is 417 g/mol. The number of aromatic nitrogens is 1. The number of carbonyl (C=O) groups is 2. The van der Waals surface area contributed by atoms with Gasteiger partial charge in [-0.2, -0.15) is 0 Å². The summed E-state index contributed by atoms with van der Waals surface area (Å²) in [6, 6.07) is 19.3. The highest BCUT2D eigenvalue weighted by molar-refractivity contribution is 5.96. The minimum absolute atomic E-state index is 0.0671. The molecule has 2 amide bonds. The highest BCUT2D eigenvalue weighted by Crippen LogP contribution is 2.33. The Morgan fingerprint density at radius 3 is 2.32 bits per heavy atom. The van der Waals surface area contributed by atoms with Gasteiger partial charge in [-0.15, -0.1) is 0 Å². The Morgan fingerprint density at radius 2 is 1.68 bits per heavy atom. The second kappa shape index (κ2) is 9.51. The molecule has 3 aromatic rings. The fourth-order valence-corrected chi connectivity index (χ4v) is 3.35. The lowest BCUT2D eigenvalue weighted by molar-refractivity contribution is -0.121. The molecule has 1 aromatic heterocycles. The fraction of sp³-hybridized carbons (Fsp3) is 0.240. The van der Waals surface area contributed by atoms with E-state index in [-0.39, 0.29) is 30.0 Å². The van der Waals surface area contributed by atoms with Crippen LogP contribution in [0.25, 0.3) is 0 Å². The molecule has 1 N–H and O–H groups in total. The fourth-order valence-electron chi connectivity index (χ4n) is 3.35. The van der Waals surface area contributed by atoms with Gasteiger partial charge in [-0.25, -0.2) is 4.39 Å². The summed E-state index contributed by atoms with van der Waals surface area (Å²) in [5.74, 6) is -0.229. The van der Waals surface area contributed by atoms with Crippen LogP contribution in [0.2, 0.25) is 0 Å². The Balaban J connectivity index is 1.40. The van der Waals surface area contributed by atoms with E-state index >= 15 is 0 Å². The van der Waals surface area contributed by atoms with Crippen LogP contribution in [0.1, 0.15) is 29.7 Å². The molecule has 4 rings (SSSR count). The predicted molar refractivity (Wildman–Crippen MR) is 117 cm³/mol. The van der Waals surface area contributed by atoms with Gasteiger partial charge in [0.1, 0.15) is 5.82 Å². The number of nitrogens with one attached hydrogen (secondary N) is 1. The molecule has 6 heteroatoms. The van der Waals surface area contributed by atoms with Gasteiger partial charge in [0.25, 0.3) is 0 Å². The van der Waals surface area contributed by atoms with Crippen LogP contribution in [-0.2, 0) is 29.1 Å². The van der Waals surface area contributed by atoms with Gasteiger partial charge in [0, 0.05) is 17.8 Å². The van der Waals surface area contributed by atoms with Crippen LogP contribution in [0.5, 0.6) is 0 Å². The number of pyridine rings is 1. The van der Waals surface area contributed by atoms with Gasteiger partial charge < -0.3 is 10.2 Å². The number of rotatable bonds is 8. The number of nitrogens with zero attached hydrogens (tertiary/aromatic N) is 2. The van der Waals surface area contributed by atoms with Crippen molar-refractivity contribution in [3.63, 3.8) is 0 Å². The van der Waals surface area contributed by atoms with Crippen LogP contribution in [-0.4, -0.2) is 16.8 Å². The van der Waals surface area contributed by atoms with Crippen molar-refractivity contribution in [2.24, 2.45) is 5.92 Å². The third kappa shape index (κ3) is 5.75. The van der Waals surface area contributed by atoms with Crippen LogP contribution < -0.4 is 10.2 Å². The van der Waals surface area contributed by atoms with Crippen molar-refractivity contribution in [1.29, 1.82) is 0 Å². The summed E-state index contributed by atoms with van der Waals surface area (Å²) in [6.07, 6.45) is 3.77. The summed E-state index contributed by atoms with van der Waals surface area (Å²) < 4.78 is 13.2. The zero-order valence-electron chi connectivity index (χ0n) is 17.1. The molecule has 1 heterocycles. The highest BCUT2D eigenvalue weighted by atomic mass is 19.1. The van der Waals surface area contributed by atoms with E-state index in [1.54, 1.807) is 23.2 Å². The maximum atomic E-state index is 13.2. The third-order valence-corrected chi connectivity index (χ3v) is 5.25. The van der Waals surface area contributed by atoms with E-state index < -0.39 is 0 Å². The molecule has 158 valence electrons. The van der Waals surface area contributed by atoms with E-state index in [0.29, 0.717) is 13.1 Å². The molecule has 2 aromatic carbocycles. The summed E-state index contributed by atoms with van der Waals surface area (Å²) in [7, 11) is 0. The van der Waals surface area contributed by atoms with Crippen molar-refractivity contribution in [3.8, 4) is 0 Å². The number of anilines is 1. The van der Waals surface area contributed by atoms with E-state index in [4.69, 9.17) is 0 Å². The lowest BCUT2D eigenvalue weighted by Gasteiger charge is -2.23. The Bertz CT molecular complexity index is 1030. The first-order chi connectivity index (χ1) is 15.1. The SMILES string of the molecule is O=C(Cc1ccc(N(Cc2ccc(F)cc2)C(=O)C2CC2)cc1)NCc1ccccn1. The van der Waals surface area contributed by atoms with E-state index in [9.17, 15) is 14.0 Å². The van der Waals surface area contributed by atoms with Gasteiger partial charge in [-0.3, -0.25) is 14.6 Å². The Morgan fingerprint density at radius 1 is 0.968 bits per heavy atom. The molecule has 0 saturated heterocycles. The molecule has 0 spiro atoms. The van der Waals surface area contributed by atoms with Crippen molar-refractivity contribution in [3.05, 3.63) is 95.6 Å². The van der Waals surface area contributed by atoms with Gasteiger partial charge in [-0.1, -0.05) is 30.3 Å². The number of benzene rings is 2. The molecule has 0 atom stereocenters. The van der Waals surface area contributed by atoms with Crippen LogP contribution in [0.4, 0.5) is 10.1 Å². The second-order valence-corrected chi connectivity index (χ2v) is 7.77. The molecule has 31 heavy (non-hydrogen) atoms. The van der Waals surface area contributed by atoms with Crippen LogP contribution in [0.15, 0.2) is 72.9 Å². The predicted octanol–water partition coefficient (Wildman–Crippen LogP) is 4.02. The first-order valence-electron chi connectivity index (χ1n) is 10.4. The van der Waals surface area contributed by atoms with Crippen LogP contribution in [0, 0.1) is 11.7 Å². The Labute approximate surface area is 180 Å². The molecule has 1 saturated carbocycles. The van der Waals surface area contributed by atoms with Gasteiger partial charge in [-0.05, 0) is 60.4 Å². The lowest BCUT2D eigenvalue weighted by Crippen LogP contribution is -2.31. The molecule has 0 unspecified atom stereocenters. The second-order valence-electron chi connectivity index (χ2n) is 7.77. The maximum absolute atomic E-state index is 13.2. The maximum Gasteiger partial charge on any atom is 0.230 e. The van der Waals surface area contributed by atoms with Gasteiger partial charge in [0.05, 0.1) is 25.2 Å². The smallest absolute Gasteiger partial charge is 0.230 e. The average Bonchev–Trinajstić information content (AvgIpc) is 3.64. The van der Waals surface area contributed by atoms with Crippen molar-refractivity contribution in [2.45, 2.75) is 32.4 Å². The van der Waals surface area contributed by atoms with Crippen molar-refractivity contribution < 1.29 is 14.0 Å². The number of hydrogen-bond acceptors (Lipinski definition) is 3. The topological polar surface area (TPSA) is 62.3 Å². The quantitative estimate of drug-likeness (QED) is 0.602. The lowest BCUT2D eigenvalue weighted by atomic mass is 10.1. The molecule has 1 fully saturated rings. The third-order valence-electron chi connectivity index (χ3n) is 5.25. The van der Waals surface area contributed by atoms with E-state index in [2.05, 4.69) is 10.3 Å². The molecule has 0 radical (unpaired) electrons. The average molecular weight is 417 g/mol. The van der Waals surface area contributed by atoms with E-state index in [0.717, 1.165) is 35.3 Å². The number of hydrogen-bond donors (Lipinski definition) is 1. The first-order valence-corrected chi connectivity index (χ1v) is 10.4. The first kappa shape index (κ1) is 20.7. The molecule has 1 aliphatic carbocycles. The van der Waals surface area contributed by atoms with Crippen LogP contribution in [0.3, 0.4) is 0 Å². The largest absolute Gasteiger partial charge is 0.350 e. The summed E-state index contributed by atoms with van der Waals surface area (Å²) in [6.45, 7) is 0.776. The van der Waals surface area contributed by atoms with Crippen molar-refractivity contribution in [1.82, 2.24) is 10.3 Å². The number of halogens is 1. The summed E-state index contributed by atoms with van der Waals surface area (Å²) >= 11 is 0. The Hall–Kier alpha value is -3.54. The standard InChI is InChI=1S/C25H24FN3O2/c26-21-10-4-19(5-11-21)17-29(25(31)20-8-9-20)23-12-6-18(7-13-23)15-24(30)28-16-22-3-1-2-14-27-22/h1-7,10-14,20H,8-9,15-17H2,(H,28,30). The summed E-state index contributed by atoms with van der Waals surface area (Å²) in [5, 5.41) is 2.87. The zero-order chi connectivity index (χ0) is 21.6. The summed E-state index contributed by atoms with van der Waals surface area (Å²) in [5.41, 5.74) is 3.32. The zero-order valence-corrected chi connectivity index (χ0v) is 17.1. The number of carbonyl (C=O) groups excluding carboxylic acids is 2. The van der Waals surface area contributed by atoms with Crippen LogP contribution >= 0.6 is 0 Å². The molecule has 5 nitrogen and oxygen atoms in total. The molecular weight excluding hydrogens is 393 g/mol. The normalized spacial score (nSPS) is 12.9. The number of amides is 2. The Kier molecular flexibility index (Phi) is 6.36. The van der Waals surface area contributed by atoms with E-state index in [1.165, 1.54) is 12.1 Å². The molecule has 0 bridgehead atoms. The minimum Gasteiger partial charge on any atom is -0.350 e. The van der Waals surface area contributed by atoms with E-state index in [1.807, 2.05) is 42.5 Å². The van der Waals surface area contributed by atoms with Gasteiger partial charge in [0.2, 0.25) is 11.8 Å².